The molecule has 16 heavy (non-hydrogen) atoms. The average molecular weight is 221 g/mol. The molecule has 1 aliphatic rings. The molecule has 2 rings (SSSR count). The summed E-state index contributed by atoms with van der Waals surface area (Å²) < 4.78 is 17.7. The van der Waals surface area contributed by atoms with Gasteiger partial charge in [0.05, 0.1) is 6.61 Å². The molecule has 0 unspecified atom stereocenters. The summed E-state index contributed by atoms with van der Waals surface area (Å²) in [7, 11) is 0. The molecule has 0 aromatic heterocycles. The first-order valence-corrected chi connectivity index (χ1v) is 5.06. The minimum atomic E-state index is -0.281. The fourth-order valence-corrected chi connectivity index (χ4v) is 1.43. The standard InChI is InChI=1S/C12H12FNO2/c13-11-4-1-10(2-5-11)3-6-12(15)14-7-8-16-9-14/h1-6H,7-9H2/b6-3+. The fraction of sp³-hybridized carbons (Fsp3) is 0.250. The Morgan fingerprint density at radius 1 is 1.38 bits per heavy atom. The molecule has 1 fully saturated rings. The van der Waals surface area contributed by atoms with E-state index < -0.39 is 0 Å². The SMILES string of the molecule is O=C(/C=C/c1ccc(F)cc1)N1CCOC1. The Morgan fingerprint density at radius 3 is 2.75 bits per heavy atom. The van der Waals surface area contributed by atoms with Gasteiger partial charge in [-0.05, 0) is 23.8 Å². The topological polar surface area (TPSA) is 29.5 Å². The Balaban J connectivity index is 1.97. The van der Waals surface area contributed by atoms with Gasteiger partial charge in [0.25, 0.3) is 0 Å². The van der Waals surface area contributed by atoms with E-state index in [2.05, 4.69) is 0 Å². The van der Waals surface area contributed by atoms with Gasteiger partial charge in [-0.15, -0.1) is 0 Å². The van der Waals surface area contributed by atoms with E-state index >= 15 is 0 Å². The van der Waals surface area contributed by atoms with Crippen LogP contribution >= 0.6 is 0 Å². The quantitative estimate of drug-likeness (QED) is 0.711. The molecule has 1 aromatic carbocycles. The minimum Gasteiger partial charge on any atom is -0.359 e. The maximum absolute atomic E-state index is 12.6. The highest BCUT2D eigenvalue weighted by Crippen LogP contribution is 2.06. The largest absolute Gasteiger partial charge is 0.359 e. The molecule has 0 spiro atoms. The second kappa shape index (κ2) is 4.90. The zero-order valence-electron chi connectivity index (χ0n) is 8.73. The molecule has 1 saturated heterocycles. The number of carbonyl (C=O) groups is 1. The van der Waals surface area contributed by atoms with Crippen LogP contribution in [0.5, 0.6) is 0 Å². The van der Waals surface area contributed by atoms with E-state index in [9.17, 15) is 9.18 Å². The van der Waals surface area contributed by atoms with E-state index in [-0.39, 0.29) is 11.7 Å². The molecule has 3 nitrogen and oxygen atoms in total. The van der Waals surface area contributed by atoms with Gasteiger partial charge in [-0.25, -0.2) is 4.39 Å². The van der Waals surface area contributed by atoms with Crippen molar-refractivity contribution >= 4 is 12.0 Å². The van der Waals surface area contributed by atoms with Crippen LogP contribution in [-0.2, 0) is 9.53 Å². The fourth-order valence-electron chi connectivity index (χ4n) is 1.43. The number of benzene rings is 1. The van der Waals surface area contributed by atoms with Crippen molar-refractivity contribution < 1.29 is 13.9 Å². The Bertz CT molecular complexity index is 394. The number of hydrogen-bond donors (Lipinski definition) is 0. The normalized spacial score (nSPS) is 15.9. The lowest BCUT2D eigenvalue weighted by Crippen LogP contribution is -2.26. The van der Waals surface area contributed by atoms with E-state index in [0.717, 1.165) is 5.56 Å². The Labute approximate surface area is 93.1 Å². The summed E-state index contributed by atoms with van der Waals surface area (Å²) in [5.74, 6) is -0.363. The van der Waals surface area contributed by atoms with Crippen molar-refractivity contribution in [1.82, 2.24) is 4.90 Å². The Hall–Kier alpha value is -1.68. The van der Waals surface area contributed by atoms with Crippen LogP contribution in [0, 0.1) is 5.82 Å². The molecule has 1 aromatic rings. The van der Waals surface area contributed by atoms with E-state index in [1.165, 1.54) is 18.2 Å². The Kier molecular flexibility index (Phi) is 3.31. The van der Waals surface area contributed by atoms with E-state index in [4.69, 9.17) is 4.74 Å². The van der Waals surface area contributed by atoms with Crippen LogP contribution in [0.15, 0.2) is 30.3 Å². The highest BCUT2D eigenvalue weighted by molar-refractivity contribution is 5.91. The number of nitrogens with zero attached hydrogens (tertiary/aromatic N) is 1. The number of carbonyl (C=O) groups excluding carboxylic acids is 1. The summed E-state index contributed by atoms with van der Waals surface area (Å²) in [5, 5.41) is 0. The molecule has 0 saturated carbocycles. The zero-order valence-corrected chi connectivity index (χ0v) is 8.73. The van der Waals surface area contributed by atoms with Crippen LogP contribution in [0.1, 0.15) is 5.56 Å². The van der Waals surface area contributed by atoms with Gasteiger partial charge >= 0.3 is 0 Å². The maximum atomic E-state index is 12.6. The zero-order chi connectivity index (χ0) is 11.4. The average Bonchev–Trinajstić information content (AvgIpc) is 2.81. The van der Waals surface area contributed by atoms with Crippen LogP contribution in [0.2, 0.25) is 0 Å². The van der Waals surface area contributed by atoms with Gasteiger partial charge in [0.2, 0.25) is 5.91 Å². The van der Waals surface area contributed by atoms with Crippen molar-refractivity contribution in [3.05, 3.63) is 41.7 Å². The third-order valence-corrected chi connectivity index (χ3v) is 2.35. The molecule has 0 N–H and O–H groups in total. The first kappa shape index (κ1) is 10.8. The van der Waals surface area contributed by atoms with Crippen molar-refractivity contribution in [1.29, 1.82) is 0 Å². The van der Waals surface area contributed by atoms with Gasteiger partial charge < -0.3 is 9.64 Å². The summed E-state index contributed by atoms with van der Waals surface area (Å²) >= 11 is 0. The molecule has 1 amide bonds. The third kappa shape index (κ3) is 2.67. The van der Waals surface area contributed by atoms with Gasteiger partial charge in [0.15, 0.2) is 0 Å². The van der Waals surface area contributed by atoms with Gasteiger partial charge in [0, 0.05) is 12.6 Å². The minimum absolute atomic E-state index is 0.0816. The van der Waals surface area contributed by atoms with Crippen LogP contribution in [-0.4, -0.2) is 30.7 Å². The number of hydrogen-bond acceptors (Lipinski definition) is 2. The molecular formula is C12H12FNO2. The van der Waals surface area contributed by atoms with Crippen LogP contribution in [0.25, 0.3) is 6.08 Å². The molecule has 4 heteroatoms. The van der Waals surface area contributed by atoms with Crippen LogP contribution in [0.4, 0.5) is 4.39 Å². The first-order chi connectivity index (χ1) is 7.75. The van der Waals surface area contributed by atoms with E-state index in [1.807, 2.05) is 0 Å². The van der Waals surface area contributed by atoms with Crippen molar-refractivity contribution in [3.63, 3.8) is 0 Å². The van der Waals surface area contributed by atoms with Crippen molar-refractivity contribution in [2.45, 2.75) is 0 Å². The highest BCUT2D eigenvalue weighted by atomic mass is 19.1. The molecule has 84 valence electrons. The highest BCUT2D eigenvalue weighted by Gasteiger charge is 2.15. The summed E-state index contributed by atoms with van der Waals surface area (Å²) in [6.07, 6.45) is 3.14. The molecule has 0 radical (unpaired) electrons. The molecular weight excluding hydrogens is 209 g/mol. The van der Waals surface area contributed by atoms with Gasteiger partial charge in [-0.3, -0.25) is 4.79 Å². The molecule has 0 atom stereocenters. The number of ether oxygens (including phenoxy) is 1. The summed E-state index contributed by atoms with van der Waals surface area (Å²) in [6, 6.07) is 5.98. The third-order valence-electron chi connectivity index (χ3n) is 2.35. The lowest BCUT2D eigenvalue weighted by Gasteiger charge is -2.09. The monoisotopic (exact) mass is 221 g/mol. The lowest BCUT2D eigenvalue weighted by molar-refractivity contribution is -0.126. The molecule has 0 bridgehead atoms. The van der Waals surface area contributed by atoms with Gasteiger partial charge in [0.1, 0.15) is 12.5 Å². The van der Waals surface area contributed by atoms with Crippen molar-refractivity contribution in [2.24, 2.45) is 0 Å². The molecule has 0 aliphatic carbocycles. The van der Waals surface area contributed by atoms with Crippen LogP contribution in [0.3, 0.4) is 0 Å². The second-order valence-corrected chi connectivity index (χ2v) is 3.52. The summed E-state index contributed by atoms with van der Waals surface area (Å²) in [4.78, 5) is 13.2. The van der Waals surface area contributed by atoms with Crippen LogP contribution < -0.4 is 0 Å². The Morgan fingerprint density at radius 2 is 2.12 bits per heavy atom. The van der Waals surface area contributed by atoms with E-state index in [1.54, 1.807) is 23.1 Å². The second-order valence-electron chi connectivity index (χ2n) is 3.52. The number of halogens is 1. The predicted octanol–water partition coefficient (Wildman–Crippen LogP) is 1.66. The van der Waals surface area contributed by atoms with Gasteiger partial charge in [-0.1, -0.05) is 12.1 Å². The lowest BCUT2D eigenvalue weighted by atomic mass is 10.2. The predicted molar refractivity (Wildman–Crippen MR) is 58.0 cm³/mol. The smallest absolute Gasteiger partial charge is 0.248 e. The number of rotatable bonds is 2. The van der Waals surface area contributed by atoms with Crippen molar-refractivity contribution in [2.75, 3.05) is 19.9 Å². The first-order valence-electron chi connectivity index (χ1n) is 5.06. The number of amides is 1. The molecule has 1 heterocycles. The van der Waals surface area contributed by atoms with Crippen molar-refractivity contribution in [3.8, 4) is 0 Å². The van der Waals surface area contributed by atoms with Gasteiger partial charge in [-0.2, -0.15) is 0 Å². The molecule has 1 aliphatic heterocycles. The maximum Gasteiger partial charge on any atom is 0.248 e. The van der Waals surface area contributed by atoms with E-state index in [0.29, 0.717) is 19.9 Å². The summed E-state index contributed by atoms with van der Waals surface area (Å²) in [5.41, 5.74) is 0.801. The summed E-state index contributed by atoms with van der Waals surface area (Å²) in [6.45, 7) is 1.58.